The number of nitrogens with zero attached hydrogens (tertiary/aromatic N) is 1. The van der Waals surface area contributed by atoms with Gasteiger partial charge in [0.05, 0.1) is 13.7 Å². The number of carbonyl (C=O) groups excluding carboxylic acids is 3. The van der Waals surface area contributed by atoms with Crippen molar-refractivity contribution in [3.05, 3.63) is 63.6 Å². The Balaban J connectivity index is 1.82. The number of hydrogen-bond acceptors (Lipinski definition) is 6. The van der Waals surface area contributed by atoms with Gasteiger partial charge in [-0.25, -0.2) is 4.79 Å². The second kappa shape index (κ2) is 11.5. The fourth-order valence-corrected chi connectivity index (χ4v) is 2.88. The molecule has 9 heteroatoms. The number of halogens is 1. The molecule has 2 N–H and O–H groups in total. The minimum absolute atomic E-state index is 0.263. The van der Waals surface area contributed by atoms with E-state index in [9.17, 15) is 19.6 Å². The summed E-state index contributed by atoms with van der Waals surface area (Å²) >= 11 is 3.34. The van der Waals surface area contributed by atoms with Gasteiger partial charge in [0.25, 0.3) is 5.91 Å². The van der Waals surface area contributed by atoms with Gasteiger partial charge in [-0.1, -0.05) is 28.1 Å². The van der Waals surface area contributed by atoms with E-state index in [0.29, 0.717) is 17.0 Å². The average Bonchev–Trinajstić information content (AvgIpc) is 2.76. The number of esters is 1. The van der Waals surface area contributed by atoms with Gasteiger partial charge >= 0.3 is 5.97 Å². The summed E-state index contributed by atoms with van der Waals surface area (Å²) in [5.41, 5.74) is 1.81. The molecule has 31 heavy (non-hydrogen) atoms. The summed E-state index contributed by atoms with van der Waals surface area (Å²) < 4.78 is 10.8. The Labute approximate surface area is 188 Å². The Morgan fingerprint density at radius 1 is 1.13 bits per heavy atom. The van der Waals surface area contributed by atoms with Gasteiger partial charge in [0.15, 0.2) is 6.61 Å². The molecule has 0 saturated heterocycles. The number of anilines is 1. The molecule has 0 saturated carbocycles. The third kappa shape index (κ3) is 7.60. The zero-order valence-electron chi connectivity index (χ0n) is 16.9. The van der Waals surface area contributed by atoms with E-state index in [1.807, 2.05) is 13.0 Å². The highest BCUT2D eigenvalue weighted by Crippen LogP contribution is 2.19. The van der Waals surface area contributed by atoms with Crippen LogP contribution in [0.4, 0.5) is 5.69 Å². The van der Waals surface area contributed by atoms with Crippen LogP contribution in [-0.4, -0.2) is 38.0 Å². The minimum Gasteiger partial charge on any atom is -0.497 e. The quantitative estimate of drug-likeness (QED) is 0.337. The zero-order valence-corrected chi connectivity index (χ0v) is 18.5. The number of methoxy groups -OCH3 is 1. The van der Waals surface area contributed by atoms with Gasteiger partial charge in [0.2, 0.25) is 5.91 Å². The molecule has 0 radical (unpaired) electrons. The summed E-state index contributed by atoms with van der Waals surface area (Å²) in [4.78, 5) is 35.9. The molecule has 0 unspecified atom stereocenters. The Kier molecular flexibility index (Phi) is 8.78. The first-order chi connectivity index (χ1) is 14.8. The van der Waals surface area contributed by atoms with Crippen molar-refractivity contribution in [3.8, 4) is 11.8 Å². The number of nitrogens with one attached hydrogen (secondary N) is 2. The Morgan fingerprint density at radius 2 is 1.84 bits per heavy atom. The number of nitriles is 1. The molecule has 0 fully saturated rings. The number of rotatable bonds is 8. The molecule has 2 rings (SSSR count). The highest BCUT2D eigenvalue weighted by molar-refractivity contribution is 9.10. The van der Waals surface area contributed by atoms with Crippen LogP contribution >= 0.6 is 15.9 Å². The van der Waals surface area contributed by atoms with Gasteiger partial charge in [-0.3, -0.25) is 9.59 Å². The van der Waals surface area contributed by atoms with Crippen LogP contribution in [-0.2, 0) is 19.1 Å². The van der Waals surface area contributed by atoms with Crippen molar-refractivity contribution >= 4 is 45.5 Å². The molecule has 0 heterocycles. The average molecular weight is 486 g/mol. The van der Waals surface area contributed by atoms with E-state index in [1.165, 1.54) is 13.2 Å². The van der Waals surface area contributed by atoms with Crippen molar-refractivity contribution in [2.45, 2.75) is 6.92 Å². The Bertz CT molecular complexity index is 1040. The summed E-state index contributed by atoms with van der Waals surface area (Å²) in [6, 6.07) is 13.8. The van der Waals surface area contributed by atoms with Gasteiger partial charge in [-0.05, 0) is 54.5 Å². The molecule has 2 amide bonds. The van der Waals surface area contributed by atoms with E-state index in [1.54, 1.807) is 42.5 Å². The van der Waals surface area contributed by atoms with Gasteiger partial charge in [-0.2, -0.15) is 5.26 Å². The molecule has 0 spiro atoms. The van der Waals surface area contributed by atoms with Crippen molar-refractivity contribution in [2.24, 2.45) is 0 Å². The normalized spacial score (nSPS) is 10.6. The fraction of sp³-hybridized carbons (Fsp3) is 0.182. The Morgan fingerprint density at radius 3 is 2.45 bits per heavy atom. The van der Waals surface area contributed by atoms with Gasteiger partial charge < -0.3 is 20.1 Å². The third-order valence-corrected chi connectivity index (χ3v) is 4.50. The highest BCUT2D eigenvalue weighted by Gasteiger charge is 2.14. The van der Waals surface area contributed by atoms with E-state index in [-0.39, 0.29) is 12.1 Å². The lowest BCUT2D eigenvalue weighted by molar-refractivity contribution is -0.144. The van der Waals surface area contributed by atoms with Crippen molar-refractivity contribution in [1.29, 1.82) is 5.26 Å². The second-order valence-corrected chi connectivity index (χ2v) is 7.22. The molecule has 0 aromatic heterocycles. The molecule has 2 aromatic carbocycles. The monoisotopic (exact) mass is 485 g/mol. The topological polar surface area (TPSA) is 118 Å². The maximum Gasteiger partial charge on any atom is 0.349 e. The van der Waals surface area contributed by atoms with Crippen LogP contribution in [0.2, 0.25) is 0 Å². The number of amides is 2. The first kappa shape index (κ1) is 23.6. The van der Waals surface area contributed by atoms with Crippen molar-refractivity contribution < 1.29 is 23.9 Å². The molecule has 0 bridgehead atoms. The first-order valence-electron chi connectivity index (χ1n) is 9.08. The number of aryl methyl sites for hydroxylation is 1. The van der Waals surface area contributed by atoms with Crippen LogP contribution < -0.4 is 15.4 Å². The lowest BCUT2D eigenvalue weighted by Crippen LogP contribution is -2.35. The summed E-state index contributed by atoms with van der Waals surface area (Å²) in [5.74, 6) is -1.40. The van der Waals surface area contributed by atoms with Crippen LogP contribution in [0.15, 0.2) is 52.5 Å². The van der Waals surface area contributed by atoms with Crippen LogP contribution in [0.1, 0.15) is 11.1 Å². The number of hydrogen-bond donors (Lipinski definition) is 2. The van der Waals surface area contributed by atoms with Crippen LogP contribution in [0.5, 0.6) is 5.75 Å². The fourth-order valence-electron chi connectivity index (χ4n) is 2.40. The van der Waals surface area contributed by atoms with Crippen LogP contribution in [0, 0.1) is 18.3 Å². The predicted octanol–water partition coefficient (Wildman–Crippen LogP) is 2.97. The van der Waals surface area contributed by atoms with Gasteiger partial charge in [0.1, 0.15) is 17.4 Å². The molecular weight excluding hydrogens is 466 g/mol. The SMILES string of the molecule is COc1ccc(/C=C(\C#N)C(=O)OCC(=O)NCC(=O)Nc2ccc(Br)cc2C)cc1. The minimum atomic E-state index is -0.941. The molecule has 2 aromatic rings. The zero-order chi connectivity index (χ0) is 22.8. The Hall–Kier alpha value is -3.64. The number of ether oxygens (including phenoxy) is 2. The lowest BCUT2D eigenvalue weighted by atomic mass is 10.1. The van der Waals surface area contributed by atoms with Crippen molar-refractivity contribution in [1.82, 2.24) is 5.32 Å². The molecule has 0 aliphatic heterocycles. The van der Waals surface area contributed by atoms with Gasteiger partial charge in [0, 0.05) is 10.2 Å². The number of benzene rings is 2. The summed E-state index contributed by atoms with van der Waals surface area (Å²) in [6.07, 6.45) is 1.34. The van der Waals surface area contributed by atoms with Crippen molar-refractivity contribution in [3.63, 3.8) is 0 Å². The third-order valence-electron chi connectivity index (χ3n) is 4.01. The summed E-state index contributed by atoms with van der Waals surface area (Å²) in [5, 5.41) is 14.2. The highest BCUT2D eigenvalue weighted by atomic mass is 79.9. The van der Waals surface area contributed by atoms with E-state index >= 15 is 0 Å². The predicted molar refractivity (Wildman–Crippen MR) is 118 cm³/mol. The van der Waals surface area contributed by atoms with E-state index in [2.05, 4.69) is 26.6 Å². The molecule has 0 aliphatic carbocycles. The first-order valence-corrected chi connectivity index (χ1v) is 9.87. The van der Waals surface area contributed by atoms with Gasteiger partial charge in [-0.15, -0.1) is 0 Å². The molecule has 0 atom stereocenters. The molecule has 8 nitrogen and oxygen atoms in total. The molecule has 160 valence electrons. The van der Waals surface area contributed by atoms with Crippen molar-refractivity contribution in [2.75, 3.05) is 25.6 Å². The summed E-state index contributed by atoms with van der Waals surface area (Å²) in [6.45, 7) is 0.925. The molecule has 0 aliphatic rings. The van der Waals surface area contributed by atoms with E-state index in [0.717, 1.165) is 10.0 Å². The van der Waals surface area contributed by atoms with E-state index in [4.69, 9.17) is 9.47 Å². The standard InChI is InChI=1S/C22H20BrN3O5/c1-14-9-17(23)5-8-19(14)26-20(27)12-25-21(28)13-31-22(29)16(11-24)10-15-3-6-18(30-2)7-4-15/h3-10H,12-13H2,1-2H3,(H,25,28)(H,26,27)/b16-10+. The summed E-state index contributed by atoms with van der Waals surface area (Å²) in [7, 11) is 1.53. The lowest BCUT2D eigenvalue weighted by Gasteiger charge is -2.10. The largest absolute Gasteiger partial charge is 0.497 e. The van der Waals surface area contributed by atoms with Crippen LogP contribution in [0.25, 0.3) is 6.08 Å². The smallest absolute Gasteiger partial charge is 0.349 e. The van der Waals surface area contributed by atoms with E-state index < -0.39 is 24.4 Å². The number of carbonyl (C=O) groups is 3. The maximum atomic E-state index is 12.0. The molecular formula is C22H20BrN3O5. The maximum absolute atomic E-state index is 12.0. The van der Waals surface area contributed by atoms with Crippen LogP contribution in [0.3, 0.4) is 0 Å². The second-order valence-electron chi connectivity index (χ2n) is 6.30.